The fraction of sp³-hybridized carbons (Fsp3) is 0.118. The molecule has 136 valence electrons. The summed E-state index contributed by atoms with van der Waals surface area (Å²) >= 11 is 11.9. The number of primary amides is 1. The Morgan fingerprint density at radius 1 is 1.00 bits per heavy atom. The number of nitrogens with one attached hydrogen (secondary N) is 2. The van der Waals surface area contributed by atoms with Gasteiger partial charge in [0.2, 0.25) is 0 Å². The van der Waals surface area contributed by atoms with Gasteiger partial charge in [-0.15, -0.1) is 0 Å². The van der Waals surface area contributed by atoms with E-state index in [-0.39, 0.29) is 27.8 Å². The van der Waals surface area contributed by atoms with Gasteiger partial charge in [0, 0.05) is 6.54 Å². The number of carbonyl (C=O) groups excluding carboxylic acids is 3. The first-order chi connectivity index (χ1) is 12.4. The lowest BCUT2D eigenvalue weighted by molar-refractivity contribution is -0.119. The third-order valence-electron chi connectivity index (χ3n) is 3.22. The van der Waals surface area contributed by atoms with E-state index in [4.69, 9.17) is 33.7 Å². The number of benzene rings is 2. The summed E-state index contributed by atoms with van der Waals surface area (Å²) in [5, 5.41) is 5.47. The van der Waals surface area contributed by atoms with Crippen LogP contribution in [0.2, 0.25) is 10.0 Å². The Balaban J connectivity index is 1.87. The highest BCUT2D eigenvalue weighted by Crippen LogP contribution is 2.29. The number of ether oxygens (including phenoxy) is 1. The van der Waals surface area contributed by atoms with Crippen LogP contribution in [0.1, 0.15) is 15.9 Å². The lowest BCUT2D eigenvalue weighted by atomic mass is 10.1. The van der Waals surface area contributed by atoms with Gasteiger partial charge in [-0.3, -0.25) is 4.79 Å². The molecule has 0 saturated heterocycles. The summed E-state index contributed by atoms with van der Waals surface area (Å²) in [6, 6.07) is 10.5. The molecule has 0 spiro atoms. The van der Waals surface area contributed by atoms with E-state index in [1.807, 2.05) is 0 Å². The van der Waals surface area contributed by atoms with Gasteiger partial charge in [-0.2, -0.15) is 0 Å². The van der Waals surface area contributed by atoms with Crippen molar-refractivity contribution in [1.29, 1.82) is 0 Å². The van der Waals surface area contributed by atoms with Gasteiger partial charge < -0.3 is 21.1 Å². The molecule has 2 rings (SSSR count). The second-order valence-electron chi connectivity index (χ2n) is 5.14. The van der Waals surface area contributed by atoms with Crippen LogP contribution in [0.3, 0.4) is 0 Å². The van der Waals surface area contributed by atoms with Gasteiger partial charge in [0.15, 0.2) is 6.61 Å². The van der Waals surface area contributed by atoms with Crippen LogP contribution in [-0.4, -0.2) is 24.5 Å². The number of urea groups is 1. The summed E-state index contributed by atoms with van der Waals surface area (Å²) in [7, 11) is 0. The Morgan fingerprint density at radius 2 is 1.62 bits per heavy atom. The molecule has 7 nitrogen and oxygen atoms in total. The summed E-state index contributed by atoms with van der Waals surface area (Å²) < 4.78 is 4.95. The first kappa shape index (κ1) is 19.6. The van der Waals surface area contributed by atoms with Gasteiger partial charge in [0.1, 0.15) is 0 Å². The highest BCUT2D eigenvalue weighted by molar-refractivity contribution is 6.39. The smallest absolute Gasteiger partial charge is 0.338 e. The molecule has 0 aliphatic carbocycles. The van der Waals surface area contributed by atoms with Gasteiger partial charge in [-0.1, -0.05) is 41.4 Å². The van der Waals surface area contributed by atoms with Crippen molar-refractivity contribution < 1.29 is 19.1 Å². The fourth-order valence-corrected chi connectivity index (χ4v) is 2.45. The minimum Gasteiger partial charge on any atom is -0.452 e. The van der Waals surface area contributed by atoms with E-state index in [9.17, 15) is 14.4 Å². The van der Waals surface area contributed by atoms with Gasteiger partial charge in [-0.05, 0) is 29.8 Å². The SMILES string of the molecule is NC(=O)NCc1ccc(C(=O)OCC(=O)Nc2c(Cl)cccc2Cl)cc1. The number of anilines is 1. The van der Waals surface area contributed by atoms with Crippen LogP contribution >= 0.6 is 23.2 Å². The molecule has 0 heterocycles. The van der Waals surface area contributed by atoms with E-state index in [1.165, 1.54) is 12.1 Å². The lowest BCUT2D eigenvalue weighted by Crippen LogP contribution is -2.28. The molecule has 9 heteroatoms. The molecule has 3 amide bonds. The highest BCUT2D eigenvalue weighted by atomic mass is 35.5. The largest absolute Gasteiger partial charge is 0.452 e. The molecule has 0 aliphatic rings. The maximum atomic E-state index is 12.0. The molecule has 0 unspecified atom stereocenters. The number of nitrogens with two attached hydrogens (primary N) is 1. The van der Waals surface area contributed by atoms with Crippen LogP contribution < -0.4 is 16.4 Å². The third kappa shape index (κ3) is 5.65. The fourth-order valence-electron chi connectivity index (χ4n) is 1.96. The number of rotatable bonds is 6. The van der Waals surface area contributed by atoms with Gasteiger partial charge in [0.05, 0.1) is 21.3 Å². The number of carbonyl (C=O) groups is 3. The second-order valence-corrected chi connectivity index (χ2v) is 5.95. The van der Waals surface area contributed by atoms with E-state index in [2.05, 4.69) is 10.6 Å². The molecule has 2 aromatic carbocycles. The van der Waals surface area contributed by atoms with Crippen molar-refractivity contribution >= 4 is 46.8 Å². The average molecular weight is 396 g/mol. The maximum Gasteiger partial charge on any atom is 0.338 e. The minimum atomic E-state index is -0.667. The number of halogens is 2. The normalized spacial score (nSPS) is 10.1. The number of amides is 3. The van der Waals surface area contributed by atoms with E-state index in [0.717, 1.165) is 5.56 Å². The topological polar surface area (TPSA) is 111 Å². The maximum absolute atomic E-state index is 12.0. The highest BCUT2D eigenvalue weighted by Gasteiger charge is 2.13. The molecule has 0 fully saturated rings. The summed E-state index contributed by atoms with van der Waals surface area (Å²) in [6.07, 6.45) is 0. The predicted molar refractivity (Wildman–Crippen MR) is 98.2 cm³/mol. The molecular weight excluding hydrogens is 381 g/mol. The molecule has 0 atom stereocenters. The van der Waals surface area contributed by atoms with Crippen molar-refractivity contribution in [3.05, 3.63) is 63.6 Å². The summed E-state index contributed by atoms with van der Waals surface area (Å²) in [4.78, 5) is 34.5. The van der Waals surface area contributed by atoms with Crippen LogP contribution in [0.15, 0.2) is 42.5 Å². The summed E-state index contributed by atoms with van der Waals surface area (Å²) in [6.45, 7) is -0.253. The van der Waals surface area contributed by atoms with Crippen LogP contribution in [0.5, 0.6) is 0 Å². The molecule has 0 aliphatic heterocycles. The molecule has 0 aromatic heterocycles. The summed E-state index contributed by atoms with van der Waals surface area (Å²) in [5.41, 5.74) is 6.25. The van der Waals surface area contributed by atoms with Gasteiger partial charge in [-0.25, -0.2) is 9.59 Å². The van der Waals surface area contributed by atoms with Crippen molar-refractivity contribution in [3.8, 4) is 0 Å². The Bertz CT molecular complexity index is 805. The number of hydrogen-bond donors (Lipinski definition) is 3. The van der Waals surface area contributed by atoms with Crippen LogP contribution in [0, 0.1) is 0 Å². The van der Waals surface area contributed by atoms with Crippen LogP contribution in [-0.2, 0) is 16.1 Å². The van der Waals surface area contributed by atoms with Crippen molar-refractivity contribution in [2.75, 3.05) is 11.9 Å². The zero-order valence-corrected chi connectivity index (χ0v) is 14.9. The first-order valence-electron chi connectivity index (χ1n) is 7.40. The zero-order chi connectivity index (χ0) is 19.1. The van der Waals surface area contributed by atoms with Crippen LogP contribution in [0.25, 0.3) is 0 Å². The van der Waals surface area contributed by atoms with E-state index in [1.54, 1.807) is 30.3 Å². The molecule has 26 heavy (non-hydrogen) atoms. The second kappa shape index (κ2) is 9.07. The number of esters is 1. The molecular formula is C17H15Cl2N3O4. The number of para-hydroxylation sites is 1. The molecule has 0 saturated carbocycles. The molecule has 4 N–H and O–H groups in total. The van der Waals surface area contributed by atoms with Gasteiger partial charge >= 0.3 is 12.0 Å². The Morgan fingerprint density at radius 3 is 2.19 bits per heavy atom. The van der Waals surface area contributed by atoms with E-state index in [0.29, 0.717) is 0 Å². The molecule has 0 bridgehead atoms. The Kier molecular flexibility index (Phi) is 6.82. The van der Waals surface area contributed by atoms with Crippen LogP contribution in [0.4, 0.5) is 10.5 Å². The van der Waals surface area contributed by atoms with E-state index < -0.39 is 24.5 Å². The Labute approximate surface area is 159 Å². The standard InChI is InChI=1S/C17H15Cl2N3O4/c18-12-2-1-3-13(19)15(12)22-14(23)9-26-16(24)11-6-4-10(5-7-11)8-21-17(20)25/h1-7H,8-9H2,(H,22,23)(H3,20,21,25). The third-order valence-corrected chi connectivity index (χ3v) is 3.85. The minimum absolute atomic E-state index is 0.242. The van der Waals surface area contributed by atoms with Crippen molar-refractivity contribution in [2.24, 2.45) is 5.73 Å². The van der Waals surface area contributed by atoms with Crippen molar-refractivity contribution in [3.63, 3.8) is 0 Å². The molecule has 0 radical (unpaired) electrons. The Hall–Kier alpha value is -2.77. The van der Waals surface area contributed by atoms with Gasteiger partial charge in [0.25, 0.3) is 5.91 Å². The zero-order valence-electron chi connectivity index (χ0n) is 13.4. The molecule has 2 aromatic rings. The van der Waals surface area contributed by atoms with E-state index >= 15 is 0 Å². The number of hydrogen-bond acceptors (Lipinski definition) is 4. The summed E-state index contributed by atoms with van der Waals surface area (Å²) in [5.74, 6) is -1.24. The lowest BCUT2D eigenvalue weighted by Gasteiger charge is -2.10. The van der Waals surface area contributed by atoms with Crippen molar-refractivity contribution in [2.45, 2.75) is 6.54 Å². The van der Waals surface area contributed by atoms with Crippen molar-refractivity contribution in [1.82, 2.24) is 5.32 Å². The average Bonchev–Trinajstić information content (AvgIpc) is 2.61. The monoisotopic (exact) mass is 395 g/mol. The quantitative estimate of drug-likeness (QED) is 0.652. The first-order valence-corrected chi connectivity index (χ1v) is 8.15. The predicted octanol–water partition coefficient (Wildman–Crippen LogP) is 2.96.